The van der Waals surface area contributed by atoms with Crippen LogP contribution in [0.25, 0.3) is 0 Å². The van der Waals surface area contributed by atoms with Crippen LogP contribution in [0.2, 0.25) is 0 Å². The average molecular weight is 374 g/mol. The molecule has 0 heterocycles. The van der Waals surface area contributed by atoms with E-state index in [9.17, 15) is 29.8 Å². The maximum atomic E-state index is 11.8. The highest BCUT2D eigenvalue weighted by atomic mass is 16.6. The lowest BCUT2D eigenvalue weighted by Crippen LogP contribution is -2.11. The molecule has 0 aliphatic carbocycles. The number of carbonyl (C=O) groups excluding carboxylic acids is 2. The summed E-state index contributed by atoms with van der Waals surface area (Å²) in [6.07, 6.45) is 0.196. The van der Waals surface area contributed by atoms with E-state index >= 15 is 0 Å². The maximum Gasteiger partial charge on any atom is 0.338 e. The smallest absolute Gasteiger partial charge is 0.338 e. The van der Waals surface area contributed by atoms with E-state index in [-0.39, 0.29) is 42.1 Å². The van der Waals surface area contributed by atoms with Crippen LogP contribution in [0.1, 0.15) is 27.1 Å². The highest BCUT2D eigenvalue weighted by molar-refractivity contribution is 5.90. The summed E-state index contributed by atoms with van der Waals surface area (Å²) in [5.74, 6) is -1.47. The van der Waals surface area contributed by atoms with Gasteiger partial charge in [-0.15, -0.1) is 0 Å². The third-order valence-corrected chi connectivity index (χ3v) is 3.34. The van der Waals surface area contributed by atoms with Gasteiger partial charge in [0.25, 0.3) is 11.4 Å². The van der Waals surface area contributed by atoms with E-state index in [0.717, 1.165) is 12.1 Å². The molecule has 0 N–H and O–H groups in total. The molecule has 27 heavy (non-hydrogen) atoms. The van der Waals surface area contributed by atoms with Crippen molar-refractivity contribution in [1.82, 2.24) is 0 Å². The van der Waals surface area contributed by atoms with Gasteiger partial charge >= 0.3 is 11.9 Å². The van der Waals surface area contributed by atoms with Gasteiger partial charge in [-0.2, -0.15) is 0 Å². The van der Waals surface area contributed by atoms with Crippen LogP contribution in [0.3, 0.4) is 0 Å². The van der Waals surface area contributed by atoms with Crippen LogP contribution < -0.4 is 0 Å². The molecule has 0 saturated heterocycles. The Balaban J connectivity index is 1.77. The van der Waals surface area contributed by atoms with Crippen molar-refractivity contribution in [2.45, 2.75) is 6.42 Å². The van der Waals surface area contributed by atoms with Crippen LogP contribution >= 0.6 is 0 Å². The molecule has 0 aliphatic rings. The van der Waals surface area contributed by atoms with Crippen LogP contribution in [0.15, 0.2) is 48.5 Å². The molecule has 2 aromatic rings. The van der Waals surface area contributed by atoms with Crippen molar-refractivity contribution in [3.63, 3.8) is 0 Å². The molecule has 10 heteroatoms. The lowest BCUT2D eigenvalue weighted by Gasteiger charge is -2.06. The quantitative estimate of drug-likeness (QED) is 0.297. The van der Waals surface area contributed by atoms with Crippen LogP contribution in [0.5, 0.6) is 0 Å². The summed E-state index contributed by atoms with van der Waals surface area (Å²) in [6.45, 7) is -0.131. The van der Waals surface area contributed by atoms with E-state index in [0.29, 0.717) is 0 Å². The van der Waals surface area contributed by atoms with Gasteiger partial charge in [0.15, 0.2) is 0 Å². The first-order chi connectivity index (χ1) is 12.9. The van der Waals surface area contributed by atoms with Crippen molar-refractivity contribution in [2.24, 2.45) is 0 Å². The molecule has 10 nitrogen and oxygen atoms in total. The van der Waals surface area contributed by atoms with Gasteiger partial charge in [0.2, 0.25) is 0 Å². The molecule has 0 spiro atoms. The Labute approximate surface area is 152 Å². The monoisotopic (exact) mass is 374 g/mol. The summed E-state index contributed by atoms with van der Waals surface area (Å²) >= 11 is 0. The van der Waals surface area contributed by atoms with Crippen LogP contribution in [-0.4, -0.2) is 35.0 Å². The summed E-state index contributed by atoms with van der Waals surface area (Å²) in [4.78, 5) is 43.8. The fourth-order valence-electron chi connectivity index (χ4n) is 2.05. The standard InChI is InChI=1S/C17H14N2O8/c20-16(12-4-1-6-14(10-12)18(22)23)26-8-3-9-27-17(21)13-5-2-7-15(11-13)19(24)25/h1-2,4-7,10-11H,3,8-9H2. The van der Waals surface area contributed by atoms with E-state index in [1.807, 2.05) is 0 Å². The Hall–Kier alpha value is -3.82. The lowest BCUT2D eigenvalue weighted by atomic mass is 10.2. The molecule has 0 aromatic heterocycles. The number of benzene rings is 2. The number of esters is 2. The number of rotatable bonds is 8. The van der Waals surface area contributed by atoms with Gasteiger partial charge in [0, 0.05) is 30.7 Å². The zero-order valence-electron chi connectivity index (χ0n) is 13.9. The SMILES string of the molecule is O=C(OCCCOC(=O)c1cccc([N+](=O)[O-])c1)c1cccc([N+](=O)[O-])c1. The minimum absolute atomic E-state index is 0.0396. The second kappa shape index (κ2) is 9.04. The maximum absolute atomic E-state index is 11.8. The lowest BCUT2D eigenvalue weighted by molar-refractivity contribution is -0.385. The predicted octanol–water partition coefficient (Wildman–Crippen LogP) is 2.91. The molecule has 0 radical (unpaired) electrons. The molecule has 0 fully saturated rings. The van der Waals surface area contributed by atoms with E-state index in [2.05, 4.69) is 0 Å². The Morgan fingerprint density at radius 2 is 1.19 bits per heavy atom. The molecule has 2 rings (SSSR count). The van der Waals surface area contributed by atoms with Gasteiger partial charge in [-0.1, -0.05) is 12.1 Å². The van der Waals surface area contributed by atoms with Crippen molar-refractivity contribution in [3.05, 3.63) is 79.9 Å². The highest BCUT2D eigenvalue weighted by Crippen LogP contribution is 2.15. The molecule has 140 valence electrons. The Bertz CT molecular complexity index is 809. The number of carbonyl (C=O) groups is 2. The van der Waals surface area contributed by atoms with E-state index < -0.39 is 21.8 Å². The zero-order valence-corrected chi connectivity index (χ0v) is 13.9. The third kappa shape index (κ3) is 5.59. The van der Waals surface area contributed by atoms with Crippen LogP contribution in [-0.2, 0) is 9.47 Å². The minimum atomic E-state index is -0.733. The zero-order chi connectivity index (χ0) is 19.8. The van der Waals surface area contributed by atoms with Crippen molar-refractivity contribution < 1.29 is 28.9 Å². The fourth-order valence-corrected chi connectivity index (χ4v) is 2.05. The summed E-state index contributed by atoms with van der Waals surface area (Å²) in [7, 11) is 0. The van der Waals surface area contributed by atoms with Gasteiger partial charge in [-0.3, -0.25) is 20.2 Å². The number of nitro benzene ring substituents is 2. The third-order valence-electron chi connectivity index (χ3n) is 3.34. The number of hydrogen-bond acceptors (Lipinski definition) is 8. The van der Waals surface area contributed by atoms with Crippen molar-refractivity contribution in [3.8, 4) is 0 Å². The molecular weight excluding hydrogens is 360 g/mol. The molecule has 0 amide bonds. The van der Waals surface area contributed by atoms with E-state index in [4.69, 9.17) is 9.47 Å². The van der Waals surface area contributed by atoms with Gasteiger partial charge in [-0.05, 0) is 12.1 Å². The fraction of sp³-hybridized carbons (Fsp3) is 0.176. The Morgan fingerprint density at radius 3 is 1.56 bits per heavy atom. The number of nitrogens with zero attached hydrogens (tertiary/aromatic N) is 2. The Kier molecular flexibility index (Phi) is 6.53. The summed E-state index contributed by atoms with van der Waals surface area (Å²) in [6, 6.07) is 10.2. The second-order valence-corrected chi connectivity index (χ2v) is 5.24. The normalized spacial score (nSPS) is 10.1. The molecule has 0 atom stereocenters. The summed E-state index contributed by atoms with van der Waals surface area (Å²) in [5.41, 5.74) is -0.374. The molecule has 0 unspecified atom stereocenters. The van der Waals surface area contributed by atoms with Crippen molar-refractivity contribution in [2.75, 3.05) is 13.2 Å². The molecule has 0 saturated carbocycles. The largest absolute Gasteiger partial charge is 0.462 e. The van der Waals surface area contributed by atoms with Crippen molar-refractivity contribution >= 4 is 23.3 Å². The summed E-state index contributed by atoms with van der Waals surface area (Å²) in [5, 5.41) is 21.4. The topological polar surface area (TPSA) is 139 Å². The number of non-ortho nitro benzene ring substituents is 2. The first kappa shape index (κ1) is 19.5. The van der Waals surface area contributed by atoms with Gasteiger partial charge in [0.05, 0.1) is 34.2 Å². The number of ether oxygens (including phenoxy) is 2. The number of nitro groups is 2. The van der Waals surface area contributed by atoms with Gasteiger partial charge < -0.3 is 9.47 Å². The molecule has 0 aliphatic heterocycles. The van der Waals surface area contributed by atoms with Crippen LogP contribution in [0.4, 0.5) is 11.4 Å². The first-order valence-corrected chi connectivity index (χ1v) is 7.71. The van der Waals surface area contributed by atoms with Gasteiger partial charge in [-0.25, -0.2) is 9.59 Å². The van der Waals surface area contributed by atoms with Gasteiger partial charge in [0.1, 0.15) is 0 Å². The Morgan fingerprint density at radius 1 is 0.778 bits per heavy atom. The molecular formula is C17H14N2O8. The minimum Gasteiger partial charge on any atom is -0.462 e. The molecule has 2 aromatic carbocycles. The van der Waals surface area contributed by atoms with E-state index in [1.165, 1.54) is 36.4 Å². The summed E-state index contributed by atoms with van der Waals surface area (Å²) < 4.78 is 9.92. The second-order valence-electron chi connectivity index (χ2n) is 5.24. The van der Waals surface area contributed by atoms with Crippen LogP contribution in [0, 0.1) is 20.2 Å². The molecule has 0 bridgehead atoms. The highest BCUT2D eigenvalue weighted by Gasteiger charge is 2.14. The predicted molar refractivity (Wildman–Crippen MR) is 91.4 cm³/mol. The number of hydrogen-bond donors (Lipinski definition) is 0. The first-order valence-electron chi connectivity index (χ1n) is 7.71. The van der Waals surface area contributed by atoms with E-state index in [1.54, 1.807) is 0 Å². The van der Waals surface area contributed by atoms with Crippen molar-refractivity contribution in [1.29, 1.82) is 0 Å². The average Bonchev–Trinajstić information content (AvgIpc) is 2.67.